The lowest BCUT2D eigenvalue weighted by atomic mass is 10.2. The van der Waals surface area contributed by atoms with E-state index in [1.54, 1.807) is 23.2 Å². The van der Waals surface area contributed by atoms with Gasteiger partial charge in [-0.15, -0.1) is 0 Å². The number of hydrogen-bond acceptors (Lipinski definition) is 5. The molecular formula is C14H18N2O3S. The Hall–Kier alpha value is -1.27. The van der Waals surface area contributed by atoms with Crippen molar-refractivity contribution in [1.82, 2.24) is 9.88 Å². The number of rotatable bonds is 3. The van der Waals surface area contributed by atoms with E-state index in [0.29, 0.717) is 37.7 Å². The van der Waals surface area contributed by atoms with Crippen LogP contribution in [0.1, 0.15) is 16.8 Å². The molecule has 3 heterocycles. The van der Waals surface area contributed by atoms with E-state index in [4.69, 9.17) is 9.47 Å². The minimum atomic E-state index is -0.0120. The Kier molecular flexibility index (Phi) is 4.42. The molecule has 0 N–H and O–H groups in total. The first-order valence-electron chi connectivity index (χ1n) is 6.91. The lowest BCUT2D eigenvalue weighted by Gasteiger charge is -2.27. The van der Waals surface area contributed by atoms with E-state index in [1.807, 2.05) is 11.8 Å². The van der Waals surface area contributed by atoms with Crippen LogP contribution in [0, 0.1) is 0 Å². The molecule has 108 valence electrons. The Bertz CT molecular complexity index is 471. The van der Waals surface area contributed by atoms with Gasteiger partial charge in [0.05, 0.1) is 13.2 Å². The van der Waals surface area contributed by atoms with Gasteiger partial charge in [-0.3, -0.25) is 4.79 Å². The highest BCUT2D eigenvalue weighted by Gasteiger charge is 2.25. The summed E-state index contributed by atoms with van der Waals surface area (Å²) < 4.78 is 11.2. The van der Waals surface area contributed by atoms with Crippen LogP contribution in [0.5, 0.6) is 5.88 Å². The molecule has 3 rings (SSSR count). The van der Waals surface area contributed by atoms with Gasteiger partial charge in [0.25, 0.3) is 5.91 Å². The normalized spacial score (nSPS) is 22.8. The van der Waals surface area contributed by atoms with E-state index in [1.165, 1.54) is 0 Å². The van der Waals surface area contributed by atoms with Gasteiger partial charge in [-0.25, -0.2) is 4.98 Å². The van der Waals surface area contributed by atoms with E-state index in [0.717, 1.165) is 17.9 Å². The number of ether oxygens (including phenoxy) is 2. The zero-order chi connectivity index (χ0) is 13.8. The SMILES string of the molecule is O=C(c1cccnc1O[C@@H]1CCSC1)N1CCOCC1. The Morgan fingerprint density at radius 2 is 2.30 bits per heavy atom. The van der Waals surface area contributed by atoms with Crippen molar-refractivity contribution in [2.45, 2.75) is 12.5 Å². The molecule has 0 radical (unpaired) electrons. The fraction of sp³-hybridized carbons (Fsp3) is 0.571. The van der Waals surface area contributed by atoms with Gasteiger partial charge in [0, 0.05) is 25.0 Å². The molecule has 2 aliphatic heterocycles. The summed E-state index contributed by atoms with van der Waals surface area (Å²) in [5.41, 5.74) is 0.561. The Balaban J connectivity index is 1.75. The molecule has 0 unspecified atom stereocenters. The zero-order valence-corrected chi connectivity index (χ0v) is 12.1. The van der Waals surface area contributed by atoms with Gasteiger partial charge < -0.3 is 14.4 Å². The molecule has 1 atom stereocenters. The molecule has 0 saturated carbocycles. The minimum Gasteiger partial charge on any atom is -0.473 e. The number of morpholine rings is 1. The summed E-state index contributed by atoms with van der Waals surface area (Å²) in [6, 6.07) is 3.58. The minimum absolute atomic E-state index is 0.0120. The fourth-order valence-electron chi connectivity index (χ4n) is 2.35. The van der Waals surface area contributed by atoms with Gasteiger partial charge in [0.2, 0.25) is 5.88 Å². The van der Waals surface area contributed by atoms with Gasteiger partial charge in [0.1, 0.15) is 11.7 Å². The first kappa shape index (κ1) is 13.7. The van der Waals surface area contributed by atoms with Crippen LogP contribution >= 0.6 is 11.8 Å². The van der Waals surface area contributed by atoms with Crippen molar-refractivity contribution < 1.29 is 14.3 Å². The van der Waals surface area contributed by atoms with E-state index in [2.05, 4.69) is 4.98 Å². The molecule has 1 aromatic rings. The second-order valence-electron chi connectivity index (χ2n) is 4.86. The summed E-state index contributed by atoms with van der Waals surface area (Å²) in [7, 11) is 0. The molecular weight excluding hydrogens is 276 g/mol. The summed E-state index contributed by atoms with van der Waals surface area (Å²) in [5, 5.41) is 0. The highest BCUT2D eigenvalue weighted by atomic mass is 32.2. The zero-order valence-electron chi connectivity index (χ0n) is 11.3. The lowest BCUT2D eigenvalue weighted by Crippen LogP contribution is -2.41. The van der Waals surface area contributed by atoms with Crippen molar-refractivity contribution in [2.75, 3.05) is 37.8 Å². The molecule has 0 aliphatic carbocycles. The van der Waals surface area contributed by atoms with E-state index in [9.17, 15) is 4.79 Å². The third-order valence-electron chi connectivity index (χ3n) is 3.47. The van der Waals surface area contributed by atoms with Crippen LogP contribution in [0.25, 0.3) is 0 Å². The molecule has 0 bridgehead atoms. The van der Waals surface area contributed by atoms with Crippen LogP contribution in [0.3, 0.4) is 0 Å². The number of nitrogens with zero attached hydrogens (tertiary/aromatic N) is 2. The number of aromatic nitrogens is 1. The molecule has 0 aromatic carbocycles. The Morgan fingerprint density at radius 1 is 1.45 bits per heavy atom. The van der Waals surface area contributed by atoms with Crippen LogP contribution in [-0.4, -0.2) is 59.7 Å². The van der Waals surface area contributed by atoms with Gasteiger partial charge in [-0.05, 0) is 24.3 Å². The maximum Gasteiger partial charge on any atom is 0.259 e. The summed E-state index contributed by atoms with van der Waals surface area (Å²) in [4.78, 5) is 18.6. The van der Waals surface area contributed by atoms with Gasteiger partial charge in [0.15, 0.2) is 0 Å². The average Bonchev–Trinajstić information content (AvgIpc) is 3.01. The summed E-state index contributed by atoms with van der Waals surface area (Å²) in [5.74, 6) is 2.55. The van der Waals surface area contributed by atoms with Gasteiger partial charge in [-0.2, -0.15) is 11.8 Å². The van der Waals surface area contributed by atoms with E-state index in [-0.39, 0.29) is 12.0 Å². The number of carbonyl (C=O) groups excluding carboxylic acids is 1. The second-order valence-corrected chi connectivity index (χ2v) is 6.01. The van der Waals surface area contributed by atoms with Crippen molar-refractivity contribution in [3.63, 3.8) is 0 Å². The topological polar surface area (TPSA) is 51.7 Å². The fourth-order valence-corrected chi connectivity index (χ4v) is 3.44. The number of thioether (sulfide) groups is 1. The predicted molar refractivity (Wildman–Crippen MR) is 77.3 cm³/mol. The van der Waals surface area contributed by atoms with E-state index < -0.39 is 0 Å². The molecule has 2 saturated heterocycles. The molecule has 6 heteroatoms. The maximum absolute atomic E-state index is 12.5. The van der Waals surface area contributed by atoms with Crippen LogP contribution in [0.4, 0.5) is 0 Å². The second kappa shape index (κ2) is 6.45. The average molecular weight is 294 g/mol. The monoisotopic (exact) mass is 294 g/mol. The quantitative estimate of drug-likeness (QED) is 0.844. The Labute approximate surface area is 122 Å². The molecule has 2 fully saturated rings. The van der Waals surface area contributed by atoms with Crippen LogP contribution in [-0.2, 0) is 4.74 Å². The molecule has 20 heavy (non-hydrogen) atoms. The molecule has 1 amide bonds. The molecule has 2 aliphatic rings. The van der Waals surface area contributed by atoms with Crippen molar-refractivity contribution in [1.29, 1.82) is 0 Å². The van der Waals surface area contributed by atoms with Crippen LogP contribution in [0.2, 0.25) is 0 Å². The smallest absolute Gasteiger partial charge is 0.259 e. The third-order valence-corrected chi connectivity index (χ3v) is 4.60. The predicted octanol–water partition coefficient (Wildman–Crippen LogP) is 1.44. The number of carbonyl (C=O) groups is 1. The van der Waals surface area contributed by atoms with Crippen molar-refractivity contribution in [2.24, 2.45) is 0 Å². The Morgan fingerprint density at radius 3 is 3.05 bits per heavy atom. The number of pyridine rings is 1. The number of hydrogen-bond donors (Lipinski definition) is 0. The lowest BCUT2D eigenvalue weighted by molar-refractivity contribution is 0.0298. The van der Waals surface area contributed by atoms with Crippen molar-refractivity contribution in [3.8, 4) is 5.88 Å². The first-order chi connectivity index (χ1) is 9.84. The summed E-state index contributed by atoms with van der Waals surface area (Å²) in [6.07, 6.45) is 2.87. The summed E-state index contributed by atoms with van der Waals surface area (Å²) >= 11 is 1.88. The van der Waals surface area contributed by atoms with Crippen molar-refractivity contribution >= 4 is 17.7 Å². The van der Waals surface area contributed by atoms with Gasteiger partial charge in [-0.1, -0.05) is 0 Å². The number of amides is 1. The highest BCUT2D eigenvalue weighted by Crippen LogP contribution is 2.25. The standard InChI is InChI=1S/C14H18N2O3S/c17-14(16-5-7-18-8-6-16)12-2-1-4-15-13(12)19-11-3-9-20-10-11/h1-2,4,11H,3,5-10H2/t11-/m1/s1. The summed E-state index contributed by atoms with van der Waals surface area (Å²) in [6.45, 7) is 2.46. The largest absolute Gasteiger partial charge is 0.473 e. The molecule has 0 spiro atoms. The first-order valence-corrected chi connectivity index (χ1v) is 8.06. The van der Waals surface area contributed by atoms with Gasteiger partial charge >= 0.3 is 0 Å². The van der Waals surface area contributed by atoms with Crippen molar-refractivity contribution in [3.05, 3.63) is 23.9 Å². The van der Waals surface area contributed by atoms with E-state index >= 15 is 0 Å². The molecule has 5 nitrogen and oxygen atoms in total. The third kappa shape index (κ3) is 3.07. The maximum atomic E-state index is 12.5. The molecule has 1 aromatic heterocycles. The van der Waals surface area contributed by atoms with Crippen LogP contribution in [0.15, 0.2) is 18.3 Å². The highest BCUT2D eigenvalue weighted by molar-refractivity contribution is 7.99. The van der Waals surface area contributed by atoms with Crippen LogP contribution < -0.4 is 4.74 Å².